The lowest BCUT2D eigenvalue weighted by Gasteiger charge is -2.15. The van der Waals surface area contributed by atoms with Gasteiger partial charge in [-0.25, -0.2) is 0 Å². The van der Waals surface area contributed by atoms with Crippen LogP contribution >= 0.6 is 15.9 Å². The average Bonchev–Trinajstić information content (AvgIpc) is 3.14. The normalized spacial score (nSPS) is 21.5. The molecule has 2 heteroatoms. The summed E-state index contributed by atoms with van der Waals surface area (Å²) in [6.07, 6.45) is 5.88. The second-order valence-corrected chi connectivity index (χ2v) is 6.69. The summed E-state index contributed by atoms with van der Waals surface area (Å²) in [5, 5.41) is 3.66. The highest BCUT2D eigenvalue weighted by molar-refractivity contribution is 9.10. The molecule has 2 fully saturated rings. The first-order chi connectivity index (χ1) is 8.20. The minimum Gasteiger partial charge on any atom is -0.312 e. The average molecular weight is 294 g/mol. The molecule has 17 heavy (non-hydrogen) atoms. The molecule has 0 atom stereocenters. The summed E-state index contributed by atoms with van der Waals surface area (Å²) in [5.41, 5.74) is 3.40. The van der Waals surface area contributed by atoms with Crippen molar-refractivity contribution in [3.8, 4) is 0 Å². The number of rotatable bonds is 5. The fourth-order valence-electron chi connectivity index (χ4n) is 2.83. The van der Waals surface area contributed by atoms with Crippen molar-refractivity contribution >= 4 is 15.9 Å². The second-order valence-electron chi connectivity index (χ2n) is 5.84. The molecule has 0 bridgehead atoms. The third-order valence-corrected chi connectivity index (χ3v) is 5.07. The molecule has 92 valence electrons. The maximum absolute atomic E-state index is 3.66. The molecule has 2 saturated carbocycles. The topological polar surface area (TPSA) is 12.0 Å². The van der Waals surface area contributed by atoms with E-state index in [4.69, 9.17) is 0 Å². The van der Waals surface area contributed by atoms with E-state index >= 15 is 0 Å². The van der Waals surface area contributed by atoms with Gasteiger partial charge in [-0.3, -0.25) is 0 Å². The molecule has 1 aromatic carbocycles. The van der Waals surface area contributed by atoms with E-state index in [0.29, 0.717) is 5.41 Å². The summed E-state index contributed by atoms with van der Waals surface area (Å²) in [5.74, 6) is 1.05. The zero-order chi connectivity index (χ0) is 11.9. The lowest BCUT2D eigenvalue weighted by molar-refractivity contribution is 0.403. The fourth-order valence-corrected chi connectivity index (χ4v) is 3.46. The van der Waals surface area contributed by atoms with Crippen LogP contribution in [-0.4, -0.2) is 6.54 Å². The smallest absolute Gasteiger partial charge is 0.0222 e. The monoisotopic (exact) mass is 293 g/mol. The van der Waals surface area contributed by atoms with Crippen LogP contribution in [0, 0.1) is 18.3 Å². The van der Waals surface area contributed by atoms with Gasteiger partial charge in [-0.1, -0.05) is 28.1 Å². The van der Waals surface area contributed by atoms with E-state index in [2.05, 4.69) is 46.4 Å². The fraction of sp³-hybridized carbons (Fsp3) is 0.600. The van der Waals surface area contributed by atoms with Crippen LogP contribution in [0.4, 0.5) is 0 Å². The Labute approximate surface area is 112 Å². The van der Waals surface area contributed by atoms with Gasteiger partial charge in [0.2, 0.25) is 0 Å². The van der Waals surface area contributed by atoms with E-state index < -0.39 is 0 Å². The number of nitrogens with one attached hydrogen (secondary N) is 1. The van der Waals surface area contributed by atoms with Gasteiger partial charge in [-0.2, -0.15) is 0 Å². The lowest BCUT2D eigenvalue weighted by atomic mass is 10.0. The summed E-state index contributed by atoms with van der Waals surface area (Å²) in [6, 6.07) is 6.61. The molecule has 0 spiro atoms. The Morgan fingerprint density at radius 3 is 2.71 bits per heavy atom. The van der Waals surface area contributed by atoms with Crippen molar-refractivity contribution in [2.45, 2.75) is 39.2 Å². The zero-order valence-electron chi connectivity index (χ0n) is 10.4. The van der Waals surface area contributed by atoms with Crippen molar-refractivity contribution in [3.05, 3.63) is 33.8 Å². The van der Waals surface area contributed by atoms with E-state index in [0.717, 1.165) is 12.5 Å². The number of hydrogen-bond acceptors (Lipinski definition) is 1. The highest BCUT2D eigenvalue weighted by Gasteiger charge is 2.53. The molecule has 0 aromatic heterocycles. The molecule has 0 amide bonds. The highest BCUT2D eigenvalue weighted by Crippen LogP contribution is 2.60. The maximum atomic E-state index is 3.66. The Bertz CT molecular complexity index is 419. The molecule has 0 heterocycles. The van der Waals surface area contributed by atoms with E-state index in [1.165, 1.54) is 47.8 Å². The predicted molar refractivity (Wildman–Crippen MR) is 75.0 cm³/mol. The van der Waals surface area contributed by atoms with Gasteiger partial charge in [-0.15, -0.1) is 0 Å². The summed E-state index contributed by atoms with van der Waals surface area (Å²) < 4.78 is 1.24. The van der Waals surface area contributed by atoms with Crippen LogP contribution < -0.4 is 5.32 Å². The zero-order valence-corrected chi connectivity index (χ0v) is 12.0. The number of aryl methyl sites for hydroxylation is 1. The van der Waals surface area contributed by atoms with Crippen molar-refractivity contribution in [1.29, 1.82) is 0 Å². The SMILES string of the molecule is Cc1ccc(CNCC2(C3CC3)CC2)c(Br)c1. The molecule has 1 nitrogen and oxygen atoms in total. The first-order valence-electron chi connectivity index (χ1n) is 6.65. The Morgan fingerprint density at radius 2 is 2.12 bits per heavy atom. The quantitative estimate of drug-likeness (QED) is 0.864. The number of hydrogen-bond donors (Lipinski definition) is 1. The van der Waals surface area contributed by atoms with Crippen LogP contribution in [-0.2, 0) is 6.54 Å². The van der Waals surface area contributed by atoms with E-state index in [1.54, 1.807) is 0 Å². The van der Waals surface area contributed by atoms with Crippen LogP contribution in [0.5, 0.6) is 0 Å². The first kappa shape index (κ1) is 11.7. The predicted octanol–water partition coefficient (Wildman–Crippen LogP) is 4.04. The molecular weight excluding hydrogens is 274 g/mol. The second kappa shape index (κ2) is 4.40. The third kappa shape index (κ3) is 2.58. The molecule has 3 rings (SSSR count). The van der Waals surface area contributed by atoms with Gasteiger partial charge in [-0.05, 0) is 61.1 Å². The van der Waals surface area contributed by atoms with E-state index in [-0.39, 0.29) is 0 Å². The Kier molecular flexibility index (Phi) is 3.04. The highest BCUT2D eigenvalue weighted by atomic mass is 79.9. The first-order valence-corrected chi connectivity index (χ1v) is 7.45. The molecule has 0 radical (unpaired) electrons. The van der Waals surface area contributed by atoms with Crippen molar-refractivity contribution in [1.82, 2.24) is 5.32 Å². The van der Waals surface area contributed by atoms with E-state index in [1.807, 2.05) is 0 Å². The van der Waals surface area contributed by atoms with Crippen molar-refractivity contribution in [2.75, 3.05) is 6.54 Å². The molecule has 1 aromatic rings. The van der Waals surface area contributed by atoms with Crippen LogP contribution in [0.1, 0.15) is 36.8 Å². The molecule has 0 saturated heterocycles. The van der Waals surface area contributed by atoms with Gasteiger partial charge in [0.25, 0.3) is 0 Å². The van der Waals surface area contributed by atoms with Gasteiger partial charge in [0.1, 0.15) is 0 Å². The van der Waals surface area contributed by atoms with Crippen LogP contribution in [0.2, 0.25) is 0 Å². The summed E-state index contributed by atoms with van der Waals surface area (Å²) in [6.45, 7) is 4.35. The van der Waals surface area contributed by atoms with Gasteiger partial charge in [0.05, 0.1) is 0 Å². The summed E-state index contributed by atoms with van der Waals surface area (Å²) in [7, 11) is 0. The van der Waals surface area contributed by atoms with Crippen molar-refractivity contribution in [3.63, 3.8) is 0 Å². The van der Waals surface area contributed by atoms with Gasteiger partial charge >= 0.3 is 0 Å². The molecule has 2 aliphatic rings. The standard InChI is InChI=1S/C15H20BrN/c1-11-2-3-12(14(16)8-11)9-17-10-15(6-7-15)13-4-5-13/h2-3,8,13,17H,4-7,9-10H2,1H3. The largest absolute Gasteiger partial charge is 0.312 e. The minimum absolute atomic E-state index is 0.706. The maximum Gasteiger partial charge on any atom is 0.0222 e. The molecule has 2 aliphatic carbocycles. The number of halogens is 1. The van der Waals surface area contributed by atoms with Crippen LogP contribution in [0.15, 0.2) is 22.7 Å². The third-order valence-electron chi connectivity index (χ3n) is 4.34. The Balaban J connectivity index is 1.53. The van der Waals surface area contributed by atoms with Crippen LogP contribution in [0.25, 0.3) is 0 Å². The van der Waals surface area contributed by atoms with Crippen LogP contribution in [0.3, 0.4) is 0 Å². The van der Waals surface area contributed by atoms with Crippen molar-refractivity contribution < 1.29 is 0 Å². The van der Waals surface area contributed by atoms with Crippen molar-refractivity contribution in [2.24, 2.45) is 11.3 Å². The Morgan fingerprint density at radius 1 is 1.35 bits per heavy atom. The van der Waals surface area contributed by atoms with Gasteiger partial charge < -0.3 is 5.32 Å². The molecule has 1 N–H and O–H groups in total. The minimum atomic E-state index is 0.706. The van der Waals surface area contributed by atoms with Gasteiger partial charge in [0.15, 0.2) is 0 Å². The van der Waals surface area contributed by atoms with Gasteiger partial charge in [0, 0.05) is 17.6 Å². The molecular formula is C15H20BrN. The Hall–Kier alpha value is -0.340. The summed E-state index contributed by atoms with van der Waals surface area (Å²) >= 11 is 3.64. The van der Waals surface area contributed by atoms with E-state index in [9.17, 15) is 0 Å². The summed E-state index contributed by atoms with van der Waals surface area (Å²) in [4.78, 5) is 0. The molecule has 0 unspecified atom stereocenters. The lowest BCUT2D eigenvalue weighted by Crippen LogP contribution is -2.25. The molecule has 0 aliphatic heterocycles. The number of benzene rings is 1.